The topological polar surface area (TPSA) is 86.7 Å². The number of carbonyl (C=O) groups is 1. The summed E-state index contributed by atoms with van der Waals surface area (Å²) in [7, 11) is -2.70. The first kappa shape index (κ1) is 15.1. The van der Waals surface area contributed by atoms with Gasteiger partial charge >= 0.3 is 6.03 Å². The average Bonchev–Trinajstić information content (AvgIpc) is 2.87. The first-order valence-corrected chi connectivity index (χ1v) is 8.04. The summed E-state index contributed by atoms with van der Waals surface area (Å²) in [6.07, 6.45) is 5.93. The molecule has 1 heterocycles. The van der Waals surface area contributed by atoms with Crippen LogP contribution in [0.3, 0.4) is 0 Å². The van der Waals surface area contributed by atoms with Gasteiger partial charge in [0, 0.05) is 26.1 Å². The van der Waals surface area contributed by atoms with Crippen LogP contribution < -0.4 is 5.32 Å². The molecule has 1 fully saturated rings. The highest BCUT2D eigenvalue weighted by Gasteiger charge is 2.50. The predicted octanol–water partition coefficient (Wildman–Crippen LogP) is 1.18. The van der Waals surface area contributed by atoms with Crippen molar-refractivity contribution >= 4 is 16.1 Å². The van der Waals surface area contributed by atoms with E-state index in [1.54, 1.807) is 24.1 Å². The van der Waals surface area contributed by atoms with Gasteiger partial charge in [0.25, 0.3) is 10.1 Å². The molecule has 0 saturated carbocycles. The minimum Gasteiger partial charge on any atom is -0.341 e. The molecule has 2 amide bonds. The van der Waals surface area contributed by atoms with E-state index in [1.165, 1.54) is 0 Å². The fraction of sp³-hybridized carbons (Fsp3) is 0.615. The largest absolute Gasteiger partial charge is 0.341 e. The molecule has 2 rings (SSSR count). The highest BCUT2D eigenvalue weighted by molar-refractivity contribution is 7.87. The van der Waals surface area contributed by atoms with Crippen molar-refractivity contribution in [1.82, 2.24) is 10.2 Å². The van der Waals surface area contributed by atoms with Gasteiger partial charge in [0.05, 0.1) is 0 Å². The van der Waals surface area contributed by atoms with Crippen molar-refractivity contribution in [3.8, 4) is 0 Å². The molecule has 1 aliphatic heterocycles. The molecule has 2 N–H and O–H groups in total. The molecule has 20 heavy (non-hydrogen) atoms. The fourth-order valence-electron chi connectivity index (χ4n) is 2.94. The zero-order valence-electron chi connectivity index (χ0n) is 11.7. The van der Waals surface area contributed by atoms with Gasteiger partial charge in [-0.05, 0) is 19.8 Å². The lowest BCUT2D eigenvalue weighted by Gasteiger charge is -2.34. The standard InChI is InChI=1S/C13H20N2O4S/c1-10-3-6-13(7-4-10,20(17,18)19)11-5-8-15(9-11)12(16)14-2/h3-4,6,11H,5,7-9H2,1-2H3,(H,14,16)(H,17,18,19). The van der Waals surface area contributed by atoms with Crippen LogP contribution in [-0.4, -0.2) is 48.8 Å². The number of rotatable bonds is 2. The van der Waals surface area contributed by atoms with E-state index in [0.29, 0.717) is 19.5 Å². The first-order valence-electron chi connectivity index (χ1n) is 6.60. The number of likely N-dealkylation sites (tertiary alicyclic amines) is 1. The molecule has 0 aromatic carbocycles. The van der Waals surface area contributed by atoms with Crippen LogP contribution in [0.4, 0.5) is 4.79 Å². The van der Waals surface area contributed by atoms with Crippen molar-refractivity contribution < 1.29 is 17.8 Å². The number of hydrogen-bond acceptors (Lipinski definition) is 3. The van der Waals surface area contributed by atoms with Gasteiger partial charge in [0.2, 0.25) is 0 Å². The van der Waals surface area contributed by atoms with Gasteiger partial charge in [-0.1, -0.05) is 23.8 Å². The van der Waals surface area contributed by atoms with Crippen LogP contribution >= 0.6 is 0 Å². The smallest absolute Gasteiger partial charge is 0.317 e. The summed E-state index contributed by atoms with van der Waals surface area (Å²) in [4.78, 5) is 13.2. The van der Waals surface area contributed by atoms with Crippen LogP contribution in [-0.2, 0) is 10.1 Å². The Morgan fingerprint density at radius 2 is 2.25 bits per heavy atom. The lowest BCUT2D eigenvalue weighted by molar-refractivity contribution is 0.208. The number of nitrogens with zero attached hydrogens (tertiary/aromatic N) is 1. The quantitative estimate of drug-likeness (QED) is 0.750. The van der Waals surface area contributed by atoms with Crippen LogP contribution in [0.1, 0.15) is 19.8 Å². The number of nitrogens with one attached hydrogen (secondary N) is 1. The Morgan fingerprint density at radius 3 is 2.75 bits per heavy atom. The maximum absolute atomic E-state index is 11.9. The van der Waals surface area contributed by atoms with Gasteiger partial charge in [-0.25, -0.2) is 4.79 Å². The van der Waals surface area contributed by atoms with Crippen LogP contribution in [0.15, 0.2) is 23.8 Å². The van der Waals surface area contributed by atoms with Gasteiger partial charge in [-0.2, -0.15) is 8.42 Å². The third kappa shape index (κ3) is 2.47. The van der Waals surface area contributed by atoms with E-state index in [2.05, 4.69) is 5.32 Å². The summed E-state index contributed by atoms with van der Waals surface area (Å²) in [5, 5.41) is 2.53. The Morgan fingerprint density at radius 1 is 1.55 bits per heavy atom. The number of amides is 2. The molecule has 0 spiro atoms. The third-order valence-corrected chi connectivity index (χ3v) is 5.83. The van der Waals surface area contributed by atoms with E-state index in [9.17, 15) is 17.8 Å². The van der Waals surface area contributed by atoms with Gasteiger partial charge in [-0.3, -0.25) is 4.55 Å². The number of urea groups is 1. The summed E-state index contributed by atoms with van der Waals surface area (Å²) in [5.41, 5.74) is 0.977. The SMILES string of the molecule is CNC(=O)N1CCC(C2(S(=O)(=O)O)C=CC(C)=CC2)C1. The van der Waals surface area contributed by atoms with Crippen LogP contribution in [0, 0.1) is 5.92 Å². The number of hydrogen-bond donors (Lipinski definition) is 2. The molecule has 1 saturated heterocycles. The summed E-state index contributed by atoms with van der Waals surface area (Å²) in [6.45, 7) is 2.71. The second-order valence-electron chi connectivity index (χ2n) is 5.40. The molecular weight excluding hydrogens is 280 g/mol. The molecule has 0 radical (unpaired) electrons. The zero-order chi connectivity index (χ0) is 15.0. The van der Waals surface area contributed by atoms with Gasteiger partial charge in [0.1, 0.15) is 4.75 Å². The second-order valence-corrected chi connectivity index (χ2v) is 7.11. The van der Waals surface area contributed by atoms with E-state index < -0.39 is 14.9 Å². The van der Waals surface area contributed by atoms with Gasteiger partial charge in [0.15, 0.2) is 0 Å². The van der Waals surface area contributed by atoms with Gasteiger partial charge in [-0.15, -0.1) is 0 Å². The third-order valence-electron chi connectivity index (χ3n) is 4.23. The monoisotopic (exact) mass is 300 g/mol. The van der Waals surface area contributed by atoms with Crippen molar-refractivity contribution in [2.75, 3.05) is 20.1 Å². The lowest BCUT2D eigenvalue weighted by Crippen LogP contribution is -2.46. The van der Waals surface area contributed by atoms with Crippen molar-refractivity contribution in [1.29, 1.82) is 0 Å². The molecule has 1 aliphatic carbocycles. The molecule has 2 unspecified atom stereocenters. The van der Waals surface area contributed by atoms with Crippen LogP contribution in [0.2, 0.25) is 0 Å². The Hall–Kier alpha value is -1.34. The average molecular weight is 300 g/mol. The molecule has 2 atom stereocenters. The maximum atomic E-state index is 11.9. The molecular formula is C13H20N2O4S. The van der Waals surface area contributed by atoms with Crippen LogP contribution in [0.5, 0.6) is 0 Å². The van der Waals surface area contributed by atoms with E-state index in [4.69, 9.17) is 0 Å². The molecule has 7 heteroatoms. The summed E-state index contributed by atoms with van der Waals surface area (Å²) >= 11 is 0. The Kier molecular flexibility index (Phi) is 3.93. The molecule has 0 aromatic heterocycles. The number of allylic oxidation sites excluding steroid dienone is 3. The molecule has 0 bridgehead atoms. The maximum Gasteiger partial charge on any atom is 0.317 e. The zero-order valence-corrected chi connectivity index (χ0v) is 12.5. The second kappa shape index (κ2) is 5.21. The Labute approximate surface area is 119 Å². The van der Waals surface area contributed by atoms with Crippen LogP contribution in [0.25, 0.3) is 0 Å². The van der Waals surface area contributed by atoms with E-state index >= 15 is 0 Å². The predicted molar refractivity (Wildman–Crippen MR) is 75.9 cm³/mol. The first-order chi connectivity index (χ1) is 9.30. The lowest BCUT2D eigenvalue weighted by atomic mass is 9.84. The van der Waals surface area contributed by atoms with E-state index in [1.807, 2.05) is 13.0 Å². The Bertz CT molecular complexity index is 567. The minimum absolute atomic E-state index is 0.218. The van der Waals surface area contributed by atoms with E-state index in [-0.39, 0.29) is 18.4 Å². The normalized spacial score (nSPS) is 30.2. The summed E-state index contributed by atoms with van der Waals surface area (Å²) in [6, 6.07) is -0.218. The van der Waals surface area contributed by atoms with Crippen molar-refractivity contribution in [2.45, 2.75) is 24.5 Å². The minimum atomic E-state index is -4.24. The highest BCUT2D eigenvalue weighted by Crippen LogP contribution is 2.40. The number of carbonyl (C=O) groups excluding carboxylic acids is 1. The van der Waals surface area contributed by atoms with Crippen molar-refractivity contribution in [3.05, 3.63) is 23.8 Å². The van der Waals surface area contributed by atoms with Crippen molar-refractivity contribution in [3.63, 3.8) is 0 Å². The summed E-state index contributed by atoms with van der Waals surface area (Å²) < 4.78 is 32.2. The summed E-state index contributed by atoms with van der Waals surface area (Å²) in [5.74, 6) is -0.296. The van der Waals surface area contributed by atoms with Crippen molar-refractivity contribution in [2.24, 2.45) is 5.92 Å². The fourth-order valence-corrected chi connectivity index (χ4v) is 4.08. The van der Waals surface area contributed by atoms with Gasteiger partial charge < -0.3 is 10.2 Å². The molecule has 0 aromatic rings. The molecule has 2 aliphatic rings. The molecule has 112 valence electrons. The molecule has 6 nitrogen and oxygen atoms in total. The van der Waals surface area contributed by atoms with E-state index in [0.717, 1.165) is 5.57 Å². The highest BCUT2D eigenvalue weighted by atomic mass is 32.2. The Balaban J connectivity index is 2.28.